The number of unbranched alkanes of at least 4 members (excludes halogenated alkanes) is 14. The lowest BCUT2D eigenvalue weighted by Crippen LogP contribution is -2.59. The molecule has 1 rings (SSSR count). The minimum absolute atomic E-state index is 0.192. The fourth-order valence-corrected chi connectivity index (χ4v) is 5.90. The zero-order valence-corrected chi connectivity index (χ0v) is 33.0. The van der Waals surface area contributed by atoms with Crippen molar-refractivity contribution >= 4 is 11.9 Å². The molecule has 4 N–H and O–H groups in total. The Bertz CT molecular complexity index is 1010. The molecule has 0 aromatic rings. The number of esters is 2. The number of carbonyl (C=O) groups excluding carboxylic acids is 2. The number of rotatable bonds is 33. The van der Waals surface area contributed by atoms with Crippen LogP contribution >= 0.6 is 0 Å². The Morgan fingerprint density at radius 1 is 0.604 bits per heavy atom. The lowest BCUT2D eigenvalue weighted by Gasteiger charge is -2.39. The Hall–Kier alpha value is -2.34. The molecule has 0 amide bonds. The van der Waals surface area contributed by atoms with Gasteiger partial charge in [0.1, 0.15) is 31.0 Å². The summed E-state index contributed by atoms with van der Waals surface area (Å²) in [4.78, 5) is 25.2. The molecule has 0 spiro atoms. The van der Waals surface area contributed by atoms with Crippen molar-refractivity contribution in [2.45, 2.75) is 192 Å². The fourth-order valence-electron chi connectivity index (χ4n) is 5.90. The minimum atomic E-state index is -1.60. The van der Waals surface area contributed by atoms with Crippen LogP contribution in [0.5, 0.6) is 0 Å². The minimum Gasteiger partial charge on any atom is -0.462 e. The molecule has 1 saturated heterocycles. The number of allylic oxidation sites excluding steroid dienone is 8. The zero-order chi connectivity index (χ0) is 38.8. The van der Waals surface area contributed by atoms with Crippen molar-refractivity contribution in [2.24, 2.45) is 0 Å². The topological polar surface area (TPSA) is 152 Å². The molecule has 6 unspecified atom stereocenters. The van der Waals surface area contributed by atoms with E-state index in [1.54, 1.807) is 0 Å². The lowest BCUT2D eigenvalue weighted by molar-refractivity contribution is -0.305. The van der Waals surface area contributed by atoms with Gasteiger partial charge in [-0.05, 0) is 70.6 Å². The first-order chi connectivity index (χ1) is 25.8. The summed E-state index contributed by atoms with van der Waals surface area (Å²) in [5, 5.41) is 40.0. The van der Waals surface area contributed by atoms with Gasteiger partial charge in [0.15, 0.2) is 12.4 Å². The average Bonchev–Trinajstić information content (AvgIpc) is 3.15. The van der Waals surface area contributed by atoms with E-state index in [4.69, 9.17) is 18.9 Å². The Balaban J connectivity index is 2.39. The van der Waals surface area contributed by atoms with Crippen molar-refractivity contribution in [1.29, 1.82) is 0 Å². The molecular weight excluding hydrogens is 676 g/mol. The maximum atomic E-state index is 12.7. The first kappa shape index (κ1) is 48.7. The van der Waals surface area contributed by atoms with Crippen molar-refractivity contribution in [3.63, 3.8) is 0 Å². The Morgan fingerprint density at radius 3 is 1.72 bits per heavy atom. The highest BCUT2D eigenvalue weighted by molar-refractivity contribution is 5.70. The van der Waals surface area contributed by atoms with E-state index in [0.717, 1.165) is 70.6 Å². The van der Waals surface area contributed by atoms with Gasteiger partial charge in [0.25, 0.3) is 0 Å². The van der Waals surface area contributed by atoms with Crippen LogP contribution in [0.4, 0.5) is 0 Å². The molecular formula is C43H74O10. The third-order valence-electron chi connectivity index (χ3n) is 9.20. The van der Waals surface area contributed by atoms with Crippen LogP contribution in [0.15, 0.2) is 48.6 Å². The van der Waals surface area contributed by atoms with Gasteiger partial charge in [-0.3, -0.25) is 9.59 Å². The summed E-state index contributed by atoms with van der Waals surface area (Å²) in [6.45, 7) is 3.24. The van der Waals surface area contributed by atoms with Crippen LogP contribution in [0.1, 0.15) is 155 Å². The van der Waals surface area contributed by atoms with E-state index in [-0.39, 0.29) is 26.1 Å². The van der Waals surface area contributed by atoms with E-state index < -0.39 is 55.4 Å². The highest BCUT2D eigenvalue weighted by atomic mass is 16.7. The van der Waals surface area contributed by atoms with E-state index in [0.29, 0.717) is 12.8 Å². The number of carbonyl (C=O) groups is 2. The van der Waals surface area contributed by atoms with E-state index in [9.17, 15) is 30.0 Å². The highest BCUT2D eigenvalue weighted by Crippen LogP contribution is 2.22. The third-order valence-corrected chi connectivity index (χ3v) is 9.20. The Morgan fingerprint density at radius 2 is 1.11 bits per heavy atom. The molecule has 1 aliphatic rings. The second kappa shape index (κ2) is 34.2. The molecule has 1 aliphatic heterocycles. The maximum Gasteiger partial charge on any atom is 0.306 e. The van der Waals surface area contributed by atoms with E-state index in [1.807, 2.05) is 0 Å². The number of aliphatic hydroxyl groups excluding tert-OH is 4. The summed E-state index contributed by atoms with van der Waals surface area (Å²) in [7, 11) is 0. The van der Waals surface area contributed by atoms with Crippen LogP contribution in [0.3, 0.4) is 0 Å². The predicted octanol–water partition coefficient (Wildman–Crippen LogP) is 8.10. The summed E-state index contributed by atoms with van der Waals surface area (Å²) in [6, 6.07) is 0. The number of hydrogen-bond donors (Lipinski definition) is 4. The van der Waals surface area contributed by atoms with Crippen LogP contribution in [0, 0.1) is 0 Å². The lowest BCUT2D eigenvalue weighted by atomic mass is 9.99. The van der Waals surface area contributed by atoms with Gasteiger partial charge in [0, 0.05) is 12.8 Å². The Kier molecular flexibility index (Phi) is 31.4. The van der Waals surface area contributed by atoms with Gasteiger partial charge in [-0.25, -0.2) is 0 Å². The van der Waals surface area contributed by atoms with Gasteiger partial charge in [-0.15, -0.1) is 0 Å². The molecule has 1 heterocycles. The standard InChI is InChI=1S/C43H74O10/c1-3-5-7-9-11-13-15-17-18-20-21-23-25-27-29-31-38(45)50-34-36(35-51-43-42(49)41(48)40(47)37(33-44)53-43)52-39(46)32-30-28-26-24-22-19-16-14-12-10-8-6-4-2/h6,8,12,14,17-19,22,36-37,40-44,47-49H,3-5,7,9-11,13,15-16,20-21,23-35H2,1-2H3. The van der Waals surface area contributed by atoms with Crippen molar-refractivity contribution in [3.8, 4) is 0 Å². The SMILES string of the molecule is CCC=CCC=CCC=CCCCCCC(=O)OC(COC(=O)CCCCCCCC=CCCCCCCCC)COC1OC(CO)C(O)C(O)C1O. The monoisotopic (exact) mass is 751 g/mol. The molecule has 0 radical (unpaired) electrons. The van der Waals surface area contributed by atoms with Crippen LogP contribution in [-0.4, -0.2) is 89.0 Å². The summed E-state index contributed by atoms with van der Waals surface area (Å²) in [6.07, 6.45) is 31.2. The molecule has 0 aromatic carbocycles. The molecule has 1 fully saturated rings. The molecule has 0 bridgehead atoms. The van der Waals surface area contributed by atoms with Crippen molar-refractivity contribution in [1.82, 2.24) is 0 Å². The first-order valence-electron chi connectivity index (χ1n) is 20.7. The van der Waals surface area contributed by atoms with Crippen LogP contribution in [-0.2, 0) is 28.5 Å². The van der Waals surface area contributed by atoms with Gasteiger partial charge >= 0.3 is 11.9 Å². The van der Waals surface area contributed by atoms with Crippen LogP contribution < -0.4 is 0 Å². The second-order valence-corrected chi connectivity index (χ2v) is 14.1. The van der Waals surface area contributed by atoms with E-state index >= 15 is 0 Å². The fraction of sp³-hybridized carbons (Fsp3) is 0.767. The Labute approximate surface area is 320 Å². The summed E-state index contributed by atoms with van der Waals surface area (Å²) < 4.78 is 22.1. The van der Waals surface area contributed by atoms with Crippen LogP contribution in [0.25, 0.3) is 0 Å². The van der Waals surface area contributed by atoms with Gasteiger partial charge in [-0.1, -0.05) is 120 Å². The second-order valence-electron chi connectivity index (χ2n) is 14.1. The summed E-state index contributed by atoms with van der Waals surface area (Å²) in [5.41, 5.74) is 0. The zero-order valence-electron chi connectivity index (χ0n) is 33.0. The third kappa shape index (κ3) is 26.2. The van der Waals surface area contributed by atoms with E-state index in [2.05, 4.69) is 62.5 Å². The highest BCUT2D eigenvalue weighted by Gasteiger charge is 2.44. The molecule has 0 aromatic heterocycles. The average molecular weight is 751 g/mol. The van der Waals surface area contributed by atoms with Crippen molar-refractivity contribution < 1.29 is 49.0 Å². The molecule has 306 valence electrons. The number of hydrogen-bond acceptors (Lipinski definition) is 10. The summed E-state index contributed by atoms with van der Waals surface area (Å²) >= 11 is 0. The molecule has 10 nitrogen and oxygen atoms in total. The molecule has 53 heavy (non-hydrogen) atoms. The normalized spacial score (nSPS) is 21.4. The van der Waals surface area contributed by atoms with E-state index in [1.165, 1.54) is 44.9 Å². The smallest absolute Gasteiger partial charge is 0.306 e. The largest absolute Gasteiger partial charge is 0.462 e. The molecule has 0 saturated carbocycles. The molecule has 6 atom stereocenters. The first-order valence-corrected chi connectivity index (χ1v) is 20.7. The quantitative estimate of drug-likeness (QED) is 0.0294. The molecule has 0 aliphatic carbocycles. The summed E-state index contributed by atoms with van der Waals surface area (Å²) in [5.74, 6) is -0.855. The number of ether oxygens (including phenoxy) is 4. The van der Waals surface area contributed by atoms with Crippen LogP contribution in [0.2, 0.25) is 0 Å². The molecule has 10 heteroatoms. The van der Waals surface area contributed by atoms with Gasteiger partial charge < -0.3 is 39.4 Å². The van der Waals surface area contributed by atoms with Gasteiger partial charge in [0.05, 0.1) is 13.2 Å². The van der Waals surface area contributed by atoms with Gasteiger partial charge in [-0.2, -0.15) is 0 Å². The number of aliphatic hydroxyl groups is 4. The van der Waals surface area contributed by atoms with Gasteiger partial charge in [0.2, 0.25) is 0 Å². The maximum absolute atomic E-state index is 12.7. The van der Waals surface area contributed by atoms with Crippen molar-refractivity contribution in [3.05, 3.63) is 48.6 Å². The van der Waals surface area contributed by atoms with Crippen molar-refractivity contribution in [2.75, 3.05) is 19.8 Å². The predicted molar refractivity (Wildman–Crippen MR) is 210 cm³/mol.